The molecular weight excluding hydrogens is 220 g/mol. The summed E-state index contributed by atoms with van der Waals surface area (Å²) in [6.45, 7) is 8.55. The molecule has 1 heterocycles. The molecule has 0 aliphatic rings. The first-order valence-corrected chi connectivity index (χ1v) is 5.81. The third-order valence-electron chi connectivity index (χ3n) is 3.12. The molecule has 6 nitrogen and oxygen atoms in total. The quantitative estimate of drug-likeness (QED) is 0.628. The van der Waals surface area contributed by atoms with Gasteiger partial charge >= 0.3 is 5.69 Å². The number of hydrogen-bond donors (Lipinski definition) is 1. The molecule has 1 N–H and O–H groups in total. The van der Waals surface area contributed by atoms with Gasteiger partial charge in [-0.15, -0.1) is 0 Å². The molecule has 0 fully saturated rings. The van der Waals surface area contributed by atoms with E-state index in [1.807, 2.05) is 20.8 Å². The molecule has 0 bridgehead atoms. The van der Waals surface area contributed by atoms with Gasteiger partial charge in [0.05, 0.1) is 4.92 Å². The lowest BCUT2D eigenvalue weighted by molar-refractivity contribution is -0.386. The van der Waals surface area contributed by atoms with Crippen LogP contribution in [0.15, 0.2) is 0 Å². The fraction of sp³-hybridized carbons (Fsp3) is 0.727. The lowest BCUT2D eigenvalue weighted by Gasteiger charge is -2.20. The molecule has 1 aromatic heterocycles. The van der Waals surface area contributed by atoms with E-state index in [9.17, 15) is 10.1 Å². The topological polar surface area (TPSA) is 73.0 Å². The van der Waals surface area contributed by atoms with Gasteiger partial charge < -0.3 is 5.32 Å². The van der Waals surface area contributed by atoms with Gasteiger partial charge in [0.2, 0.25) is 0 Å². The minimum Gasteiger partial charge on any atom is -0.314 e. The molecule has 0 spiro atoms. The molecule has 1 aromatic rings. The molecule has 0 radical (unpaired) electrons. The zero-order valence-corrected chi connectivity index (χ0v) is 11.0. The van der Waals surface area contributed by atoms with Gasteiger partial charge in [0.15, 0.2) is 0 Å². The van der Waals surface area contributed by atoms with Crippen LogP contribution < -0.4 is 5.32 Å². The second-order valence-electron chi connectivity index (χ2n) is 4.34. The first kappa shape index (κ1) is 13.6. The zero-order chi connectivity index (χ0) is 13.2. The first-order valence-electron chi connectivity index (χ1n) is 5.81. The average molecular weight is 240 g/mol. The Balaban J connectivity index is 3.16. The molecule has 2 atom stereocenters. The molecule has 2 unspecified atom stereocenters. The lowest BCUT2D eigenvalue weighted by atomic mass is 9.98. The van der Waals surface area contributed by atoms with E-state index in [2.05, 4.69) is 10.4 Å². The number of aromatic nitrogens is 2. The second-order valence-corrected chi connectivity index (χ2v) is 4.34. The van der Waals surface area contributed by atoms with Crippen LogP contribution in [0.3, 0.4) is 0 Å². The van der Waals surface area contributed by atoms with Gasteiger partial charge in [-0.1, -0.05) is 13.8 Å². The Morgan fingerprint density at radius 2 is 2.12 bits per heavy atom. The number of nitrogens with one attached hydrogen (secondary N) is 1. The van der Waals surface area contributed by atoms with Gasteiger partial charge in [-0.25, -0.2) is 0 Å². The van der Waals surface area contributed by atoms with E-state index in [1.54, 1.807) is 18.7 Å². The molecule has 0 saturated carbocycles. The highest BCUT2D eigenvalue weighted by atomic mass is 16.6. The molecule has 96 valence electrons. The molecule has 0 aliphatic heterocycles. The fourth-order valence-electron chi connectivity index (χ4n) is 2.14. The van der Waals surface area contributed by atoms with E-state index in [0.717, 1.165) is 6.54 Å². The van der Waals surface area contributed by atoms with E-state index in [0.29, 0.717) is 11.4 Å². The first-order chi connectivity index (χ1) is 7.90. The molecule has 0 aromatic carbocycles. The third-order valence-corrected chi connectivity index (χ3v) is 3.12. The van der Waals surface area contributed by atoms with Crippen LogP contribution in [0, 0.1) is 17.0 Å². The monoisotopic (exact) mass is 240 g/mol. The maximum Gasteiger partial charge on any atom is 0.313 e. The van der Waals surface area contributed by atoms with Crippen LogP contribution >= 0.6 is 0 Å². The normalized spacial score (nSPS) is 14.6. The molecule has 0 saturated heterocycles. The Morgan fingerprint density at radius 1 is 1.53 bits per heavy atom. The van der Waals surface area contributed by atoms with Gasteiger partial charge in [0, 0.05) is 19.0 Å². The Bertz CT molecular complexity index is 414. The van der Waals surface area contributed by atoms with Crippen LogP contribution in [0.1, 0.15) is 38.1 Å². The predicted molar refractivity (Wildman–Crippen MR) is 66.2 cm³/mol. The van der Waals surface area contributed by atoms with Crippen LogP contribution in [0.5, 0.6) is 0 Å². The standard InChI is InChI=1S/C11H20N4O2/c1-6-12-8(3)7(2)10-11(15(16)17)9(4)13-14(10)5/h7-8,12H,6H2,1-5H3. The Labute approximate surface area is 101 Å². The number of hydrogen-bond acceptors (Lipinski definition) is 4. The second kappa shape index (κ2) is 5.27. The summed E-state index contributed by atoms with van der Waals surface area (Å²) >= 11 is 0. The number of nitro groups is 1. The Morgan fingerprint density at radius 3 is 2.59 bits per heavy atom. The lowest BCUT2D eigenvalue weighted by Crippen LogP contribution is -2.31. The average Bonchev–Trinajstić information content (AvgIpc) is 2.52. The minimum atomic E-state index is -0.340. The molecule has 6 heteroatoms. The number of rotatable bonds is 5. The van der Waals surface area contributed by atoms with Gasteiger partial charge in [-0.3, -0.25) is 14.8 Å². The molecular formula is C11H20N4O2. The zero-order valence-electron chi connectivity index (χ0n) is 11.0. The van der Waals surface area contributed by atoms with E-state index < -0.39 is 0 Å². The van der Waals surface area contributed by atoms with Crippen molar-refractivity contribution in [3.05, 3.63) is 21.5 Å². The smallest absolute Gasteiger partial charge is 0.313 e. The predicted octanol–water partition coefficient (Wildman–Crippen LogP) is 1.74. The van der Waals surface area contributed by atoms with Gasteiger partial charge in [0.1, 0.15) is 11.4 Å². The van der Waals surface area contributed by atoms with Crippen molar-refractivity contribution in [2.24, 2.45) is 7.05 Å². The van der Waals surface area contributed by atoms with Crippen LogP contribution in [0.2, 0.25) is 0 Å². The van der Waals surface area contributed by atoms with E-state index in [1.165, 1.54) is 0 Å². The van der Waals surface area contributed by atoms with Gasteiger partial charge in [-0.2, -0.15) is 5.10 Å². The highest BCUT2D eigenvalue weighted by molar-refractivity contribution is 5.42. The summed E-state index contributed by atoms with van der Waals surface area (Å²) in [6, 6.07) is 0.175. The summed E-state index contributed by atoms with van der Waals surface area (Å²) in [5, 5.41) is 18.5. The van der Waals surface area contributed by atoms with Gasteiger partial charge in [-0.05, 0) is 20.4 Å². The van der Waals surface area contributed by atoms with Crippen molar-refractivity contribution in [1.29, 1.82) is 0 Å². The Kier molecular flexibility index (Phi) is 4.22. The highest BCUT2D eigenvalue weighted by Gasteiger charge is 2.30. The van der Waals surface area contributed by atoms with E-state index in [-0.39, 0.29) is 22.6 Å². The van der Waals surface area contributed by atoms with Crippen molar-refractivity contribution in [2.75, 3.05) is 6.54 Å². The largest absolute Gasteiger partial charge is 0.314 e. The summed E-state index contributed by atoms with van der Waals surface area (Å²) in [5.74, 6) is 0.0431. The summed E-state index contributed by atoms with van der Waals surface area (Å²) in [7, 11) is 1.75. The summed E-state index contributed by atoms with van der Waals surface area (Å²) in [5.41, 5.74) is 1.30. The minimum absolute atomic E-state index is 0.0431. The maximum atomic E-state index is 11.1. The number of aryl methyl sites for hydroxylation is 2. The maximum absolute atomic E-state index is 11.1. The Hall–Kier alpha value is -1.43. The summed E-state index contributed by atoms with van der Waals surface area (Å²) in [4.78, 5) is 10.7. The van der Waals surface area contributed by atoms with Gasteiger partial charge in [0.25, 0.3) is 0 Å². The highest BCUT2D eigenvalue weighted by Crippen LogP contribution is 2.30. The van der Waals surface area contributed by atoms with Crippen LogP contribution in [-0.4, -0.2) is 27.3 Å². The summed E-state index contributed by atoms with van der Waals surface area (Å²) < 4.78 is 1.62. The third kappa shape index (κ3) is 2.63. The molecule has 0 aliphatic carbocycles. The van der Waals surface area contributed by atoms with Crippen molar-refractivity contribution in [1.82, 2.24) is 15.1 Å². The van der Waals surface area contributed by atoms with Crippen molar-refractivity contribution < 1.29 is 4.92 Å². The molecule has 0 amide bonds. The van der Waals surface area contributed by atoms with Crippen molar-refractivity contribution in [2.45, 2.75) is 39.7 Å². The number of likely N-dealkylation sites (N-methyl/N-ethyl adjacent to an activating group) is 1. The SMILES string of the molecule is CCNC(C)C(C)c1c([N+](=O)[O-])c(C)nn1C. The van der Waals surface area contributed by atoms with Crippen LogP contribution in [-0.2, 0) is 7.05 Å². The van der Waals surface area contributed by atoms with E-state index in [4.69, 9.17) is 0 Å². The summed E-state index contributed by atoms with van der Waals surface area (Å²) in [6.07, 6.45) is 0. The van der Waals surface area contributed by atoms with Crippen LogP contribution in [0.4, 0.5) is 5.69 Å². The van der Waals surface area contributed by atoms with Crippen molar-refractivity contribution >= 4 is 5.69 Å². The molecule has 17 heavy (non-hydrogen) atoms. The number of nitrogens with zero attached hydrogens (tertiary/aromatic N) is 3. The fourth-order valence-corrected chi connectivity index (χ4v) is 2.14. The van der Waals surface area contributed by atoms with E-state index >= 15 is 0 Å². The molecule has 1 rings (SSSR count). The van der Waals surface area contributed by atoms with Crippen molar-refractivity contribution in [3.63, 3.8) is 0 Å². The van der Waals surface area contributed by atoms with Crippen molar-refractivity contribution in [3.8, 4) is 0 Å². The van der Waals surface area contributed by atoms with Crippen LogP contribution in [0.25, 0.3) is 0 Å².